The number of aryl methyl sites for hydroxylation is 1. The largest absolute Gasteiger partial charge is 0.342 e. The third-order valence-corrected chi connectivity index (χ3v) is 6.80. The topological polar surface area (TPSA) is 49.3 Å². The Morgan fingerprint density at radius 1 is 1.10 bits per heavy atom. The molecule has 160 valence electrons. The quantitative estimate of drug-likeness (QED) is 0.726. The van der Waals surface area contributed by atoms with Gasteiger partial charge in [0.1, 0.15) is 0 Å². The van der Waals surface area contributed by atoms with Crippen molar-refractivity contribution in [2.75, 3.05) is 26.2 Å². The van der Waals surface area contributed by atoms with Crippen LogP contribution in [0.2, 0.25) is 0 Å². The van der Waals surface area contributed by atoms with Gasteiger partial charge in [0, 0.05) is 56.6 Å². The summed E-state index contributed by atoms with van der Waals surface area (Å²) in [5.41, 5.74) is 3.97. The Morgan fingerprint density at radius 3 is 2.67 bits per heavy atom. The second-order valence-electron chi connectivity index (χ2n) is 9.47. The fraction of sp³-hybridized carbons (Fsp3) is 0.560. The molecule has 5 heteroatoms. The van der Waals surface area contributed by atoms with Crippen LogP contribution < -0.4 is 0 Å². The highest BCUT2D eigenvalue weighted by Crippen LogP contribution is 2.39. The lowest BCUT2D eigenvalue weighted by molar-refractivity contribution is -0.130. The molecule has 0 unspecified atom stereocenters. The van der Waals surface area contributed by atoms with Gasteiger partial charge in [-0.05, 0) is 49.3 Å². The number of benzene rings is 1. The Kier molecular flexibility index (Phi) is 6.47. The van der Waals surface area contributed by atoms with Crippen molar-refractivity contribution in [1.82, 2.24) is 19.8 Å². The maximum Gasteiger partial charge on any atom is 0.222 e. The maximum atomic E-state index is 12.8. The normalized spacial score (nSPS) is 22.2. The summed E-state index contributed by atoms with van der Waals surface area (Å²) in [6.45, 7) is 9.57. The monoisotopic (exact) mass is 406 g/mol. The highest BCUT2D eigenvalue weighted by molar-refractivity contribution is 5.76. The van der Waals surface area contributed by atoms with E-state index in [0.29, 0.717) is 18.8 Å². The lowest BCUT2D eigenvalue weighted by atomic mass is 9.79. The molecule has 3 heterocycles. The molecule has 1 spiro atoms. The van der Waals surface area contributed by atoms with Gasteiger partial charge in [-0.3, -0.25) is 19.7 Å². The molecule has 0 N–H and O–H groups in total. The van der Waals surface area contributed by atoms with E-state index >= 15 is 0 Å². The molecule has 5 nitrogen and oxygen atoms in total. The second kappa shape index (κ2) is 9.25. The van der Waals surface area contributed by atoms with Crippen molar-refractivity contribution in [3.8, 4) is 0 Å². The average Bonchev–Trinajstić information content (AvgIpc) is 3.16. The molecule has 0 bridgehead atoms. The van der Waals surface area contributed by atoms with E-state index in [1.807, 2.05) is 0 Å². The van der Waals surface area contributed by atoms with Crippen molar-refractivity contribution in [2.24, 2.45) is 5.41 Å². The number of rotatable bonds is 6. The smallest absolute Gasteiger partial charge is 0.222 e. The number of likely N-dealkylation sites (tertiary alicyclic amines) is 2. The van der Waals surface area contributed by atoms with Crippen LogP contribution in [0.1, 0.15) is 62.3 Å². The van der Waals surface area contributed by atoms with E-state index < -0.39 is 0 Å². The van der Waals surface area contributed by atoms with Gasteiger partial charge < -0.3 is 4.90 Å². The summed E-state index contributed by atoms with van der Waals surface area (Å²) < 4.78 is 0. The van der Waals surface area contributed by atoms with Gasteiger partial charge in [0.25, 0.3) is 0 Å². The molecule has 2 aliphatic heterocycles. The molecule has 1 atom stereocenters. The molecular formula is C25H34N4O. The van der Waals surface area contributed by atoms with E-state index in [0.717, 1.165) is 44.8 Å². The first-order valence-electron chi connectivity index (χ1n) is 11.4. The Labute approximate surface area is 180 Å². The zero-order chi connectivity index (χ0) is 21.0. The van der Waals surface area contributed by atoms with Gasteiger partial charge in [-0.25, -0.2) is 0 Å². The Bertz CT molecular complexity index is 836. The van der Waals surface area contributed by atoms with Gasteiger partial charge in [0.15, 0.2) is 0 Å². The first-order chi connectivity index (χ1) is 14.5. The van der Waals surface area contributed by atoms with Crippen LogP contribution in [0.4, 0.5) is 0 Å². The van der Waals surface area contributed by atoms with E-state index in [1.165, 1.54) is 24.0 Å². The minimum Gasteiger partial charge on any atom is -0.342 e. The molecule has 1 aromatic heterocycles. The number of amides is 1. The van der Waals surface area contributed by atoms with Crippen LogP contribution in [-0.4, -0.2) is 51.9 Å². The minimum atomic E-state index is 0.263. The van der Waals surface area contributed by atoms with Crippen LogP contribution in [0, 0.1) is 5.41 Å². The summed E-state index contributed by atoms with van der Waals surface area (Å²) in [6, 6.07) is 9.11. The second-order valence-corrected chi connectivity index (χ2v) is 9.47. The van der Waals surface area contributed by atoms with Crippen LogP contribution >= 0.6 is 0 Å². The van der Waals surface area contributed by atoms with Crippen LogP contribution in [-0.2, 0) is 17.8 Å². The molecule has 30 heavy (non-hydrogen) atoms. The third kappa shape index (κ3) is 5.07. The summed E-state index contributed by atoms with van der Waals surface area (Å²) in [4.78, 5) is 25.8. The molecular weight excluding hydrogens is 372 g/mol. The van der Waals surface area contributed by atoms with Crippen molar-refractivity contribution >= 4 is 5.91 Å². The molecule has 0 aliphatic carbocycles. The molecule has 2 aliphatic rings. The molecule has 2 aromatic rings. The van der Waals surface area contributed by atoms with Crippen LogP contribution in [0.3, 0.4) is 0 Å². The van der Waals surface area contributed by atoms with E-state index in [9.17, 15) is 4.79 Å². The van der Waals surface area contributed by atoms with E-state index in [2.05, 4.69) is 57.9 Å². The zero-order valence-electron chi connectivity index (χ0n) is 18.4. The number of aromatic nitrogens is 2. The summed E-state index contributed by atoms with van der Waals surface area (Å²) in [5.74, 6) is 0.840. The summed E-state index contributed by atoms with van der Waals surface area (Å²) >= 11 is 0. The van der Waals surface area contributed by atoms with Crippen molar-refractivity contribution in [3.63, 3.8) is 0 Å². The summed E-state index contributed by atoms with van der Waals surface area (Å²) in [5, 5.41) is 0. The third-order valence-electron chi connectivity index (χ3n) is 6.80. The number of nitrogens with zero attached hydrogens (tertiary/aromatic N) is 4. The molecule has 1 amide bonds. The van der Waals surface area contributed by atoms with Crippen LogP contribution in [0.5, 0.6) is 0 Å². The van der Waals surface area contributed by atoms with Crippen molar-refractivity contribution in [3.05, 3.63) is 59.7 Å². The van der Waals surface area contributed by atoms with Gasteiger partial charge in [-0.15, -0.1) is 0 Å². The van der Waals surface area contributed by atoms with Gasteiger partial charge in [-0.1, -0.05) is 38.1 Å². The Hall–Kier alpha value is -2.27. The Balaban J connectivity index is 1.30. The number of hydrogen-bond acceptors (Lipinski definition) is 4. The molecule has 2 fully saturated rings. The van der Waals surface area contributed by atoms with E-state index in [-0.39, 0.29) is 11.3 Å². The predicted molar refractivity (Wildman–Crippen MR) is 119 cm³/mol. The SMILES string of the molecule is CC(C)c1ccc(CN2CCC[C@@]3(CCN(C(=O)CCc4cnccn4)C3)C2)cc1. The average molecular weight is 407 g/mol. The highest BCUT2D eigenvalue weighted by atomic mass is 16.2. The van der Waals surface area contributed by atoms with Gasteiger partial charge in [-0.2, -0.15) is 0 Å². The zero-order valence-corrected chi connectivity index (χ0v) is 18.4. The first kappa shape index (κ1) is 21.0. The van der Waals surface area contributed by atoms with Gasteiger partial charge in [0.2, 0.25) is 5.91 Å². The summed E-state index contributed by atoms with van der Waals surface area (Å²) in [6.07, 6.45) is 9.92. The van der Waals surface area contributed by atoms with E-state index in [4.69, 9.17) is 0 Å². The molecule has 1 aromatic carbocycles. The van der Waals surface area contributed by atoms with Crippen molar-refractivity contribution in [1.29, 1.82) is 0 Å². The highest BCUT2D eigenvalue weighted by Gasteiger charge is 2.42. The van der Waals surface area contributed by atoms with Crippen molar-refractivity contribution < 1.29 is 4.79 Å². The Morgan fingerprint density at radius 2 is 1.93 bits per heavy atom. The maximum absolute atomic E-state index is 12.8. The molecule has 4 rings (SSSR count). The van der Waals surface area contributed by atoms with E-state index in [1.54, 1.807) is 18.6 Å². The molecule has 0 saturated carbocycles. The standard InChI is InChI=1S/C25H34N4O/c1-20(2)22-6-4-21(5-7-22)17-28-14-3-10-25(18-28)11-15-29(19-25)24(30)9-8-23-16-26-12-13-27-23/h4-7,12-13,16,20H,3,8-11,14-15,17-19H2,1-2H3/t25-/m1/s1. The van der Waals surface area contributed by atoms with Crippen LogP contribution in [0.15, 0.2) is 42.9 Å². The number of hydrogen-bond donors (Lipinski definition) is 0. The van der Waals surface area contributed by atoms with Crippen LogP contribution in [0.25, 0.3) is 0 Å². The minimum absolute atomic E-state index is 0.263. The van der Waals surface area contributed by atoms with Crippen molar-refractivity contribution in [2.45, 2.75) is 58.4 Å². The number of carbonyl (C=O) groups is 1. The molecule has 2 saturated heterocycles. The number of carbonyl (C=O) groups excluding carboxylic acids is 1. The lowest BCUT2D eigenvalue weighted by Gasteiger charge is -2.40. The molecule has 0 radical (unpaired) electrons. The summed E-state index contributed by atoms with van der Waals surface area (Å²) in [7, 11) is 0. The fourth-order valence-corrected chi connectivity index (χ4v) is 5.04. The van der Waals surface area contributed by atoms with Gasteiger partial charge >= 0.3 is 0 Å². The first-order valence-corrected chi connectivity index (χ1v) is 11.4. The fourth-order valence-electron chi connectivity index (χ4n) is 5.04. The number of piperidine rings is 1. The van der Waals surface area contributed by atoms with Gasteiger partial charge in [0.05, 0.1) is 5.69 Å². The lowest BCUT2D eigenvalue weighted by Crippen LogP contribution is -2.45. The predicted octanol–water partition coefficient (Wildman–Crippen LogP) is 4.05.